The van der Waals surface area contributed by atoms with Crippen molar-refractivity contribution in [2.45, 2.75) is 26.7 Å². The molecule has 0 aliphatic heterocycles. The van der Waals surface area contributed by atoms with Gasteiger partial charge in [-0.2, -0.15) is 0 Å². The van der Waals surface area contributed by atoms with Crippen LogP contribution in [0.25, 0.3) is 0 Å². The van der Waals surface area contributed by atoms with Gasteiger partial charge in [-0.3, -0.25) is 4.79 Å². The van der Waals surface area contributed by atoms with Crippen molar-refractivity contribution < 1.29 is 14.3 Å². The predicted octanol–water partition coefficient (Wildman–Crippen LogP) is 2.62. The first-order chi connectivity index (χ1) is 9.61. The van der Waals surface area contributed by atoms with Gasteiger partial charge < -0.3 is 15.2 Å². The third-order valence-electron chi connectivity index (χ3n) is 2.95. The average Bonchev–Trinajstić information content (AvgIpc) is 2.43. The molecule has 0 bridgehead atoms. The van der Waals surface area contributed by atoms with Crippen molar-refractivity contribution in [1.82, 2.24) is 0 Å². The number of carbonyl (C=O) groups excluding carboxylic acids is 1. The number of hydrogen-bond acceptors (Lipinski definition) is 4. The topological polar surface area (TPSA) is 61.6 Å². The van der Waals surface area contributed by atoms with E-state index in [0.717, 1.165) is 12.2 Å². The highest BCUT2D eigenvalue weighted by molar-refractivity contribution is 5.69. The molecule has 0 spiro atoms. The molecule has 0 aromatic heterocycles. The molecule has 0 aliphatic carbocycles. The lowest BCUT2D eigenvalue weighted by Gasteiger charge is -2.16. The fourth-order valence-electron chi connectivity index (χ4n) is 2.06. The third kappa shape index (κ3) is 7.14. The molecule has 0 heterocycles. The summed E-state index contributed by atoms with van der Waals surface area (Å²) in [4.78, 5) is 11.7. The zero-order chi connectivity index (χ0) is 14.8. The molecule has 1 rings (SSSR count). The zero-order valence-corrected chi connectivity index (χ0v) is 12.4. The first-order valence-electron chi connectivity index (χ1n) is 7.15. The van der Waals surface area contributed by atoms with Gasteiger partial charge in [0.25, 0.3) is 0 Å². The highest BCUT2D eigenvalue weighted by atomic mass is 16.6. The molecule has 1 atom stereocenters. The van der Waals surface area contributed by atoms with Crippen molar-refractivity contribution in [1.29, 1.82) is 0 Å². The smallest absolute Gasteiger partial charge is 0.306 e. The number of rotatable bonds is 9. The van der Waals surface area contributed by atoms with Gasteiger partial charge in [0, 0.05) is 6.42 Å². The van der Waals surface area contributed by atoms with Gasteiger partial charge in [-0.25, -0.2) is 0 Å². The van der Waals surface area contributed by atoms with Crippen molar-refractivity contribution in [3.8, 4) is 5.75 Å². The summed E-state index contributed by atoms with van der Waals surface area (Å²) in [6, 6.07) is 9.47. The molecule has 112 valence electrons. The van der Waals surface area contributed by atoms with Crippen LogP contribution in [0.1, 0.15) is 26.7 Å². The predicted molar refractivity (Wildman–Crippen MR) is 79.5 cm³/mol. The van der Waals surface area contributed by atoms with Gasteiger partial charge in [-0.05, 0) is 36.9 Å². The molecule has 2 N–H and O–H groups in total. The van der Waals surface area contributed by atoms with Crippen LogP contribution in [-0.4, -0.2) is 25.7 Å². The molecule has 4 heteroatoms. The first kappa shape index (κ1) is 16.5. The van der Waals surface area contributed by atoms with E-state index >= 15 is 0 Å². The largest absolute Gasteiger partial charge is 0.490 e. The molecule has 1 aromatic carbocycles. The summed E-state index contributed by atoms with van der Waals surface area (Å²) < 4.78 is 10.6. The average molecular weight is 279 g/mol. The quantitative estimate of drug-likeness (QED) is 0.557. The monoisotopic (exact) mass is 279 g/mol. The summed E-state index contributed by atoms with van der Waals surface area (Å²) in [7, 11) is 0. The molecule has 1 aromatic rings. The number of ether oxygens (including phenoxy) is 2. The Labute approximate surface area is 121 Å². The van der Waals surface area contributed by atoms with Crippen molar-refractivity contribution in [2.24, 2.45) is 17.6 Å². The summed E-state index contributed by atoms with van der Waals surface area (Å²) in [5, 5.41) is 0. The molecular formula is C16H25NO3. The van der Waals surface area contributed by atoms with Crippen LogP contribution in [0.15, 0.2) is 30.3 Å². The van der Waals surface area contributed by atoms with E-state index in [1.165, 1.54) is 0 Å². The van der Waals surface area contributed by atoms with E-state index in [-0.39, 0.29) is 18.5 Å². The number of para-hydroxylation sites is 1. The highest BCUT2D eigenvalue weighted by Crippen LogP contribution is 2.14. The third-order valence-corrected chi connectivity index (χ3v) is 2.95. The normalized spacial score (nSPS) is 12.2. The van der Waals surface area contributed by atoms with Crippen LogP contribution in [0.3, 0.4) is 0 Å². The molecule has 0 saturated carbocycles. The second kappa shape index (κ2) is 9.37. The van der Waals surface area contributed by atoms with Gasteiger partial charge in [-0.15, -0.1) is 0 Å². The number of benzene rings is 1. The second-order valence-corrected chi connectivity index (χ2v) is 5.32. The summed E-state index contributed by atoms with van der Waals surface area (Å²) in [5.74, 6) is 1.33. The number of carbonyl (C=O) groups is 1. The summed E-state index contributed by atoms with van der Waals surface area (Å²) in [5.41, 5.74) is 5.67. The minimum atomic E-state index is -0.197. The fourth-order valence-corrected chi connectivity index (χ4v) is 2.06. The second-order valence-electron chi connectivity index (χ2n) is 5.32. The Morgan fingerprint density at radius 1 is 1.20 bits per heavy atom. The van der Waals surface area contributed by atoms with Gasteiger partial charge >= 0.3 is 5.97 Å². The Hall–Kier alpha value is -1.55. The van der Waals surface area contributed by atoms with E-state index in [9.17, 15) is 4.79 Å². The fraction of sp³-hybridized carbons (Fsp3) is 0.562. The summed E-state index contributed by atoms with van der Waals surface area (Å²) in [6.07, 6.45) is 1.34. The number of esters is 1. The van der Waals surface area contributed by atoms with Crippen LogP contribution in [-0.2, 0) is 9.53 Å². The minimum absolute atomic E-state index is 0.197. The lowest BCUT2D eigenvalue weighted by atomic mass is 9.94. The maximum absolute atomic E-state index is 11.7. The first-order valence-corrected chi connectivity index (χ1v) is 7.15. The van der Waals surface area contributed by atoms with Crippen molar-refractivity contribution in [2.75, 3.05) is 19.8 Å². The Morgan fingerprint density at radius 3 is 2.50 bits per heavy atom. The van der Waals surface area contributed by atoms with Crippen LogP contribution in [0.5, 0.6) is 5.75 Å². The molecule has 0 radical (unpaired) electrons. The number of hydrogen-bond donors (Lipinski definition) is 1. The van der Waals surface area contributed by atoms with Crippen LogP contribution in [0, 0.1) is 11.8 Å². The van der Waals surface area contributed by atoms with E-state index in [1.807, 2.05) is 30.3 Å². The van der Waals surface area contributed by atoms with Crippen LogP contribution < -0.4 is 10.5 Å². The summed E-state index contributed by atoms with van der Waals surface area (Å²) in [6.45, 7) is 5.41. The van der Waals surface area contributed by atoms with Gasteiger partial charge in [0.15, 0.2) is 0 Å². The molecule has 0 amide bonds. The highest BCUT2D eigenvalue weighted by Gasteiger charge is 2.14. The van der Waals surface area contributed by atoms with Crippen LogP contribution in [0.4, 0.5) is 0 Å². The maximum atomic E-state index is 11.7. The van der Waals surface area contributed by atoms with Crippen molar-refractivity contribution >= 4 is 5.97 Å². The lowest BCUT2D eigenvalue weighted by Crippen LogP contribution is -2.22. The zero-order valence-electron chi connectivity index (χ0n) is 12.4. The number of nitrogens with two attached hydrogens (primary N) is 1. The summed E-state index contributed by atoms with van der Waals surface area (Å²) >= 11 is 0. The van der Waals surface area contributed by atoms with Gasteiger partial charge in [0.1, 0.15) is 19.0 Å². The van der Waals surface area contributed by atoms with E-state index in [2.05, 4.69) is 13.8 Å². The van der Waals surface area contributed by atoms with E-state index in [1.54, 1.807) is 0 Å². The van der Waals surface area contributed by atoms with E-state index in [4.69, 9.17) is 15.2 Å². The van der Waals surface area contributed by atoms with Crippen LogP contribution >= 0.6 is 0 Å². The molecule has 0 unspecified atom stereocenters. The molecule has 0 fully saturated rings. The molecule has 20 heavy (non-hydrogen) atoms. The Bertz CT molecular complexity index is 379. The van der Waals surface area contributed by atoms with Crippen molar-refractivity contribution in [3.63, 3.8) is 0 Å². The van der Waals surface area contributed by atoms with Crippen LogP contribution in [0.2, 0.25) is 0 Å². The van der Waals surface area contributed by atoms with Gasteiger partial charge in [0.05, 0.1) is 0 Å². The standard InChI is InChI=1S/C16H25NO3/c1-13(2)10-14(12-17)11-16(18)20-9-8-19-15-6-4-3-5-7-15/h3-7,13-14H,8-12,17H2,1-2H3/t14-/m0/s1. The van der Waals surface area contributed by atoms with E-state index < -0.39 is 0 Å². The molecule has 4 nitrogen and oxygen atoms in total. The molecule has 0 aliphatic rings. The Kier molecular flexibility index (Phi) is 7.73. The van der Waals surface area contributed by atoms with Gasteiger partial charge in [0.2, 0.25) is 0 Å². The lowest BCUT2D eigenvalue weighted by molar-refractivity contribution is -0.145. The molecular weight excluding hydrogens is 254 g/mol. The SMILES string of the molecule is CC(C)C[C@H](CN)CC(=O)OCCOc1ccccc1. The van der Waals surface area contributed by atoms with E-state index in [0.29, 0.717) is 25.5 Å². The van der Waals surface area contributed by atoms with Crippen molar-refractivity contribution in [3.05, 3.63) is 30.3 Å². The molecule has 0 saturated heterocycles. The maximum Gasteiger partial charge on any atom is 0.306 e. The Morgan fingerprint density at radius 2 is 1.90 bits per heavy atom. The minimum Gasteiger partial charge on any atom is -0.490 e. The van der Waals surface area contributed by atoms with Gasteiger partial charge in [-0.1, -0.05) is 32.0 Å². The Balaban J connectivity index is 2.16.